The molecule has 1 fully saturated rings. The molecule has 19 heavy (non-hydrogen) atoms. The van der Waals surface area contributed by atoms with Gasteiger partial charge in [-0.1, -0.05) is 26.7 Å². The molecular weight excluding hydrogens is 232 g/mol. The number of nitrogens with one attached hydrogen (secondary N) is 1. The van der Waals surface area contributed by atoms with Gasteiger partial charge < -0.3 is 5.32 Å². The summed E-state index contributed by atoms with van der Waals surface area (Å²) in [5.74, 6) is 0. The second-order valence-electron chi connectivity index (χ2n) is 7.54. The molecule has 114 valence electrons. The van der Waals surface area contributed by atoms with Crippen LogP contribution < -0.4 is 5.32 Å². The number of likely N-dealkylation sites (tertiary alicyclic amines) is 1. The Morgan fingerprint density at radius 3 is 1.95 bits per heavy atom. The summed E-state index contributed by atoms with van der Waals surface area (Å²) in [6, 6.07) is 0.689. The van der Waals surface area contributed by atoms with E-state index in [2.05, 4.69) is 51.8 Å². The number of hydrogen-bond donors (Lipinski definition) is 1. The minimum atomic E-state index is 0.320. The minimum Gasteiger partial charge on any atom is -0.314 e. The van der Waals surface area contributed by atoms with Crippen LogP contribution in [0.4, 0.5) is 0 Å². The second-order valence-corrected chi connectivity index (χ2v) is 7.54. The van der Waals surface area contributed by atoms with Crippen molar-refractivity contribution >= 4 is 0 Å². The van der Waals surface area contributed by atoms with Gasteiger partial charge in [-0.2, -0.15) is 0 Å². The molecule has 0 unspecified atom stereocenters. The fraction of sp³-hybridized carbons (Fsp3) is 1.00. The Morgan fingerprint density at radius 1 is 0.947 bits per heavy atom. The zero-order valence-electron chi connectivity index (χ0n) is 14.2. The first-order valence-corrected chi connectivity index (χ1v) is 8.34. The van der Waals surface area contributed by atoms with E-state index in [1.54, 1.807) is 0 Å². The van der Waals surface area contributed by atoms with E-state index in [4.69, 9.17) is 0 Å². The number of unbranched alkanes of at least 4 members (excludes halogenated alkanes) is 2. The van der Waals surface area contributed by atoms with Crippen LogP contribution in [0.3, 0.4) is 0 Å². The average molecular weight is 268 g/mol. The van der Waals surface area contributed by atoms with Crippen molar-refractivity contribution in [2.24, 2.45) is 0 Å². The molecule has 2 heteroatoms. The van der Waals surface area contributed by atoms with Gasteiger partial charge >= 0.3 is 0 Å². The second kappa shape index (κ2) is 7.08. The van der Waals surface area contributed by atoms with Crippen LogP contribution >= 0.6 is 0 Å². The average Bonchev–Trinajstić information content (AvgIpc) is 2.26. The standard InChI is InChI=1S/C17H36N2/c1-7-9-11-18-15-13-16(3,4)19(12-10-8-2)17(5,6)14-15/h15,18H,7-14H2,1-6H3. The maximum Gasteiger partial charge on any atom is 0.0173 e. The predicted molar refractivity (Wildman–Crippen MR) is 85.7 cm³/mol. The molecule has 1 heterocycles. The molecule has 0 atom stereocenters. The normalized spacial score (nSPS) is 23.7. The molecule has 1 rings (SSSR count). The van der Waals surface area contributed by atoms with Gasteiger partial charge in [0.05, 0.1) is 0 Å². The van der Waals surface area contributed by atoms with Gasteiger partial charge in [0.25, 0.3) is 0 Å². The molecule has 0 saturated carbocycles. The maximum absolute atomic E-state index is 3.78. The monoisotopic (exact) mass is 268 g/mol. The van der Waals surface area contributed by atoms with E-state index >= 15 is 0 Å². The van der Waals surface area contributed by atoms with Gasteiger partial charge in [-0.15, -0.1) is 0 Å². The summed E-state index contributed by atoms with van der Waals surface area (Å²) in [7, 11) is 0. The highest BCUT2D eigenvalue weighted by Gasteiger charge is 2.44. The highest BCUT2D eigenvalue weighted by molar-refractivity contribution is 5.02. The van der Waals surface area contributed by atoms with Gasteiger partial charge in [0.2, 0.25) is 0 Å². The van der Waals surface area contributed by atoms with E-state index in [0.29, 0.717) is 17.1 Å². The highest BCUT2D eigenvalue weighted by Crippen LogP contribution is 2.38. The van der Waals surface area contributed by atoms with E-state index in [9.17, 15) is 0 Å². The molecule has 0 amide bonds. The lowest BCUT2D eigenvalue weighted by Gasteiger charge is -2.55. The fourth-order valence-corrected chi connectivity index (χ4v) is 3.87. The maximum atomic E-state index is 3.78. The molecule has 1 aliphatic rings. The third kappa shape index (κ3) is 4.75. The summed E-state index contributed by atoms with van der Waals surface area (Å²) in [4.78, 5) is 2.75. The number of nitrogens with zero attached hydrogens (tertiary/aromatic N) is 1. The Hall–Kier alpha value is -0.0800. The summed E-state index contributed by atoms with van der Waals surface area (Å²) in [6.45, 7) is 16.7. The summed E-state index contributed by atoms with van der Waals surface area (Å²) in [5, 5.41) is 3.78. The molecule has 0 aromatic carbocycles. The lowest BCUT2D eigenvalue weighted by Crippen LogP contribution is -2.64. The van der Waals surface area contributed by atoms with Crippen molar-refractivity contribution in [1.29, 1.82) is 0 Å². The van der Waals surface area contributed by atoms with Gasteiger partial charge in [-0.25, -0.2) is 0 Å². The predicted octanol–water partition coefficient (Wildman–Crippen LogP) is 4.20. The van der Waals surface area contributed by atoms with Crippen molar-refractivity contribution in [2.75, 3.05) is 13.1 Å². The smallest absolute Gasteiger partial charge is 0.0173 e. The lowest BCUT2D eigenvalue weighted by atomic mass is 9.76. The minimum absolute atomic E-state index is 0.320. The summed E-state index contributed by atoms with van der Waals surface area (Å²) in [6.07, 6.45) is 7.77. The number of rotatable bonds is 7. The molecule has 0 radical (unpaired) electrons. The molecule has 1 N–H and O–H groups in total. The first-order valence-electron chi connectivity index (χ1n) is 8.34. The Bertz CT molecular complexity index is 240. The van der Waals surface area contributed by atoms with Crippen molar-refractivity contribution in [3.63, 3.8) is 0 Å². The Labute approximate surface area is 121 Å². The third-order valence-electron chi connectivity index (χ3n) is 4.65. The molecule has 0 aromatic rings. The van der Waals surface area contributed by atoms with E-state index in [-0.39, 0.29) is 0 Å². The van der Waals surface area contributed by atoms with Crippen LogP contribution in [0.15, 0.2) is 0 Å². The molecule has 0 bridgehead atoms. The van der Waals surface area contributed by atoms with Crippen LogP contribution in [0.25, 0.3) is 0 Å². The van der Waals surface area contributed by atoms with E-state index in [1.807, 2.05) is 0 Å². The Kier molecular flexibility index (Phi) is 6.32. The van der Waals surface area contributed by atoms with Crippen LogP contribution in [0.1, 0.15) is 80.1 Å². The molecule has 0 aliphatic carbocycles. The third-order valence-corrected chi connectivity index (χ3v) is 4.65. The number of hydrogen-bond acceptors (Lipinski definition) is 2. The molecule has 1 aliphatic heterocycles. The van der Waals surface area contributed by atoms with E-state index in [0.717, 1.165) is 0 Å². The first kappa shape index (κ1) is 17.0. The van der Waals surface area contributed by atoms with Crippen LogP contribution in [0, 0.1) is 0 Å². The molecular formula is C17H36N2. The van der Waals surface area contributed by atoms with Crippen molar-refractivity contribution in [3.05, 3.63) is 0 Å². The van der Waals surface area contributed by atoms with E-state index in [1.165, 1.54) is 51.6 Å². The van der Waals surface area contributed by atoms with Gasteiger partial charge in [-0.05, 0) is 66.5 Å². The Balaban J connectivity index is 2.64. The van der Waals surface area contributed by atoms with Crippen molar-refractivity contribution in [1.82, 2.24) is 10.2 Å². The fourth-order valence-electron chi connectivity index (χ4n) is 3.87. The summed E-state index contributed by atoms with van der Waals surface area (Å²) in [5.41, 5.74) is 0.640. The van der Waals surface area contributed by atoms with Gasteiger partial charge in [0.1, 0.15) is 0 Å². The zero-order chi connectivity index (χ0) is 14.5. The summed E-state index contributed by atoms with van der Waals surface area (Å²) < 4.78 is 0. The molecule has 0 spiro atoms. The molecule has 2 nitrogen and oxygen atoms in total. The highest BCUT2D eigenvalue weighted by atomic mass is 15.3. The van der Waals surface area contributed by atoms with Crippen molar-refractivity contribution < 1.29 is 0 Å². The van der Waals surface area contributed by atoms with Crippen LogP contribution in [0.2, 0.25) is 0 Å². The largest absolute Gasteiger partial charge is 0.314 e. The van der Waals surface area contributed by atoms with Gasteiger partial charge in [0, 0.05) is 17.1 Å². The zero-order valence-corrected chi connectivity index (χ0v) is 14.2. The quantitative estimate of drug-likeness (QED) is 0.696. The number of piperidine rings is 1. The topological polar surface area (TPSA) is 15.3 Å². The van der Waals surface area contributed by atoms with Crippen molar-refractivity contribution in [3.8, 4) is 0 Å². The van der Waals surface area contributed by atoms with Crippen molar-refractivity contribution in [2.45, 2.75) is 97.2 Å². The molecule has 0 aromatic heterocycles. The van der Waals surface area contributed by atoms with Crippen LogP contribution in [0.5, 0.6) is 0 Å². The molecule has 1 saturated heterocycles. The van der Waals surface area contributed by atoms with Crippen LogP contribution in [-0.4, -0.2) is 35.1 Å². The Morgan fingerprint density at radius 2 is 1.47 bits per heavy atom. The summed E-state index contributed by atoms with van der Waals surface area (Å²) >= 11 is 0. The van der Waals surface area contributed by atoms with Gasteiger partial charge in [-0.3, -0.25) is 4.90 Å². The van der Waals surface area contributed by atoms with E-state index < -0.39 is 0 Å². The van der Waals surface area contributed by atoms with Gasteiger partial charge in [0.15, 0.2) is 0 Å². The SMILES string of the molecule is CCCCNC1CC(C)(C)N(CCCC)C(C)(C)C1. The lowest BCUT2D eigenvalue weighted by molar-refractivity contribution is -0.0411. The first-order chi connectivity index (χ1) is 8.83. The van der Waals surface area contributed by atoms with Crippen LogP contribution in [-0.2, 0) is 0 Å².